The van der Waals surface area contributed by atoms with Crippen LogP contribution in [0.15, 0.2) is 24.3 Å². The third kappa shape index (κ3) is 5.00. The molecule has 0 radical (unpaired) electrons. The molecular weight excluding hydrogens is 218 g/mol. The Labute approximate surface area is 104 Å². The molecule has 0 saturated heterocycles. The summed E-state index contributed by atoms with van der Waals surface area (Å²) in [5.41, 5.74) is 1.33. The normalized spacial score (nSPS) is 12.7. The van der Waals surface area contributed by atoms with E-state index in [0.717, 1.165) is 18.0 Å². The fraction of sp³-hybridized carbons (Fsp3) is 0.571. The summed E-state index contributed by atoms with van der Waals surface area (Å²) < 4.78 is 0. The quantitative estimate of drug-likeness (QED) is 0.757. The van der Waals surface area contributed by atoms with Crippen molar-refractivity contribution in [2.24, 2.45) is 0 Å². The number of hydrogen-bond acceptors (Lipinski definition) is 1. The number of nitrogens with one attached hydrogen (secondary N) is 1. The molecule has 1 aromatic carbocycles. The van der Waals surface area contributed by atoms with Crippen LogP contribution in [0, 0.1) is 0 Å². The van der Waals surface area contributed by atoms with Crippen molar-refractivity contribution in [3.63, 3.8) is 0 Å². The third-order valence-corrected chi connectivity index (χ3v) is 2.93. The van der Waals surface area contributed by atoms with Gasteiger partial charge < -0.3 is 5.32 Å². The van der Waals surface area contributed by atoms with Crippen LogP contribution in [0.25, 0.3) is 0 Å². The van der Waals surface area contributed by atoms with Crippen LogP contribution in [0.1, 0.15) is 38.7 Å². The van der Waals surface area contributed by atoms with E-state index in [2.05, 4.69) is 31.3 Å². The molecule has 0 fully saturated rings. The van der Waals surface area contributed by atoms with Crippen molar-refractivity contribution in [2.75, 3.05) is 6.54 Å². The molecule has 1 rings (SSSR count). The lowest BCUT2D eigenvalue weighted by Crippen LogP contribution is -2.31. The lowest BCUT2D eigenvalue weighted by Gasteiger charge is -2.17. The molecule has 2 heteroatoms. The van der Waals surface area contributed by atoms with Gasteiger partial charge in [-0.2, -0.15) is 0 Å². The summed E-state index contributed by atoms with van der Waals surface area (Å²) in [6.45, 7) is 5.54. The molecule has 0 amide bonds. The molecule has 1 atom stereocenters. The fourth-order valence-electron chi connectivity index (χ4n) is 1.92. The van der Waals surface area contributed by atoms with Crippen molar-refractivity contribution in [1.29, 1.82) is 0 Å². The SMILES string of the molecule is CCCNC(CCC)Cc1cccc(Cl)c1. The summed E-state index contributed by atoms with van der Waals surface area (Å²) in [6.07, 6.45) is 4.72. The van der Waals surface area contributed by atoms with Crippen LogP contribution in [0.5, 0.6) is 0 Å². The van der Waals surface area contributed by atoms with Crippen molar-refractivity contribution >= 4 is 11.6 Å². The molecule has 90 valence electrons. The molecule has 0 aliphatic carbocycles. The summed E-state index contributed by atoms with van der Waals surface area (Å²) >= 11 is 5.99. The Bertz CT molecular complexity index is 299. The van der Waals surface area contributed by atoms with Crippen LogP contribution in [0.3, 0.4) is 0 Å². The highest BCUT2D eigenvalue weighted by atomic mass is 35.5. The zero-order valence-corrected chi connectivity index (χ0v) is 11.1. The Morgan fingerprint density at radius 1 is 1.25 bits per heavy atom. The molecule has 0 heterocycles. The van der Waals surface area contributed by atoms with Gasteiger partial charge in [0.2, 0.25) is 0 Å². The van der Waals surface area contributed by atoms with Gasteiger partial charge in [0.1, 0.15) is 0 Å². The Kier molecular flexibility index (Phi) is 6.51. The van der Waals surface area contributed by atoms with E-state index >= 15 is 0 Å². The van der Waals surface area contributed by atoms with Gasteiger partial charge >= 0.3 is 0 Å². The van der Waals surface area contributed by atoms with Gasteiger partial charge in [-0.3, -0.25) is 0 Å². The third-order valence-electron chi connectivity index (χ3n) is 2.69. The second kappa shape index (κ2) is 7.70. The largest absolute Gasteiger partial charge is 0.314 e. The van der Waals surface area contributed by atoms with Gasteiger partial charge in [0, 0.05) is 11.1 Å². The van der Waals surface area contributed by atoms with Crippen LogP contribution in [-0.2, 0) is 6.42 Å². The second-order valence-corrected chi connectivity index (χ2v) is 4.71. The highest BCUT2D eigenvalue weighted by Crippen LogP contribution is 2.13. The minimum Gasteiger partial charge on any atom is -0.314 e. The van der Waals surface area contributed by atoms with E-state index in [9.17, 15) is 0 Å². The van der Waals surface area contributed by atoms with Crippen molar-refractivity contribution < 1.29 is 0 Å². The molecule has 0 aliphatic heterocycles. The van der Waals surface area contributed by atoms with Gasteiger partial charge in [-0.25, -0.2) is 0 Å². The molecule has 16 heavy (non-hydrogen) atoms. The molecule has 1 aromatic rings. The fourth-order valence-corrected chi connectivity index (χ4v) is 2.13. The molecule has 0 saturated carbocycles. The Morgan fingerprint density at radius 3 is 2.69 bits per heavy atom. The molecule has 0 aliphatic rings. The summed E-state index contributed by atoms with van der Waals surface area (Å²) in [7, 11) is 0. The number of rotatable bonds is 7. The Hall–Kier alpha value is -0.530. The van der Waals surface area contributed by atoms with E-state index in [4.69, 9.17) is 11.6 Å². The Morgan fingerprint density at radius 2 is 2.06 bits per heavy atom. The van der Waals surface area contributed by atoms with Crippen LogP contribution in [0.4, 0.5) is 0 Å². The van der Waals surface area contributed by atoms with Gasteiger partial charge in [0.15, 0.2) is 0 Å². The molecule has 0 spiro atoms. The molecule has 1 nitrogen and oxygen atoms in total. The summed E-state index contributed by atoms with van der Waals surface area (Å²) in [5, 5.41) is 4.43. The van der Waals surface area contributed by atoms with E-state index in [1.807, 2.05) is 12.1 Å². The average Bonchev–Trinajstić information content (AvgIpc) is 2.26. The van der Waals surface area contributed by atoms with E-state index in [1.165, 1.54) is 24.8 Å². The smallest absolute Gasteiger partial charge is 0.0408 e. The van der Waals surface area contributed by atoms with Crippen LogP contribution < -0.4 is 5.32 Å². The number of hydrogen-bond donors (Lipinski definition) is 1. The van der Waals surface area contributed by atoms with E-state index in [0.29, 0.717) is 6.04 Å². The number of benzene rings is 1. The summed E-state index contributed by atoms with van der Waals surface area (Å²) in [4.78, 5) is 0. The van der Waals surface area contributed by atoms with Gasteiger partial charge in [-0.1, -0.05) is 44.0 Å². The minimum atomic E-state index is 0.586. The van der Waals surface area contributed by atoms with Gasteiger partial charge in [-0.05, 0) is 43.5 Å². The summed E-state index contributed by atoms with van der Waals surface area (Å²) in [5.74, 6) is 0. The first kappa shape index (κ1) is 13.5. The first-order chi connectivity index (χ1) is 7.76. The maximum atomic E-state index is 5.99. The van der Waals surface area contributed by atoms with Crippen molar-refractivity contribution in [3.8, 4) is 0 Å². The highest BCUT2D eigenvalue weighted by molar-refractivity contribution is 6.30. The van der Waals surface area contributed by atoms with Crippen molar-refractivity contribution in [2.45, 2.75) is 45.6 Å². The zero-order valence-electron chi connectivity index (χ0n) is 10.3. The molecule has 1 N–H and O–H groups in total. The first-order valence-electron chi connectivity index (χ1n) is 6.24. The maximum absolute atomic E-state index is 5.99. The lowest BCUT2D eigenvalue weighted by atomic mass is 10.0. The minimum absolute atomic E-state index is 0.586. The van der Waals surface area contributed by atoms with Gasteiger partial charge in [-0.15, -0.1) is 0 Å². The van der Waals surface area contributed by atoms with Gasteiger partial charge in [0.25, 0.3) is 0 Å². The molecular formula is C14H22ClN. The van der Waals surface area contributed by atoms with E-state index < -0.39 is 0 Å². The standard InChI is InChI=1S/C14H22ClN/c1-3-6-14(16-9-4-2)11-12-7-5-8-13(15)10-12/h5,7-8,10,14,16H,3-4,6,9,11H2,1-2H3. The van der Waals surface area contributed by atoms with Crippen molar-refractivity contribution in [1.82, 2.24) is 5.32 Å². The van der Waals surface area contributed by atoms with Crippen LogP contribution in [0.2, 0.25) is 5.02 Å². The Balaban J connectivity index is 2.52. The van der Waals surface area contributed by atoms with Crippen LogP contribution >= 0.6 is 11.6 Å². The van der Waals surface area contributed by atoms with Crippen molar-refractivity contribution in [3.05, 3.63) is 34.9 Å². The topological polar surface area (TPSA) is 12.0 Å². The predicted octanol–water partition coefficient (Wildman–Crippen LogP) is 4.05. The first-order valence-corrected chi connectivity index (χ1v) is 6.61. The molecule has 0 bridgehead atoms. The van der Waals surface area contributed by atoms with Crippen LogP contribution in [-0.4, -0.2) is 12.6 Å². The molecule has 0 aromatic heterocycles. The average molecular weight is 240 g/mol. The van der Waals surface area contributed by atoms with E-state index in [1.54, 1.807) is 0 Å². The second-order valence-electron chi connectivity index (χ2n) is 4.27. The molecule has 1 unspecified atom stereocenters. The van der Waals surface area contributed by atoms with E-state index in [-0.39, 0.29) is 0 Å². The summed E-state index contributed by atoms with van der Waals surface area (Å²) in [6, 6.07) is 8.77. The maximum Gasteiger partial charge on any atom is 0.0408 e. The predicted molar refractivity (Wildman–Crippen MR) is 72.1 cm³/mol. The number of halogens is 1. The van der Waals surface area contributed by atoms with Gasteiger partial charge in [0.05, 0.1) is 0 Å². The zero-order chi connectivity index (χ0) is 11.8. The monoisotopic (exact) mass is 239 g/mol. The highest BCUT2D eigenvalue weighted by Gasteiger charge is 2.07. The lowest BCUT2D eigenvalue weighted by molar-refractivity contribution is 0.473.